The standard InChI is InChI=1S/C18H17NO3/c1-22-18(21)13-15-7-10-16(11-8-15)19-17(20)12-9-14-5-3-2-4-6-14/h2-12H,13H2,1H3,(H,19,20). The molecular weight excluding hydrogens is 278 g/mol. The van der Waals surface area contributed by atoms with Gasteiger partial charge in [0.2, 0.25) is 5.91 Å². The predicted molar refractivity (Wildman–Crippen MR) is 86.3 cm³/mol. The first-order valence-corrected chi connectivity index (χ1v) is 6.87. The topological polar surface area (TPSA) is 55.4 Å². The van der Waals surface area contributed by atoms with Crippen molar-refractivity contribution < 1.29 is 14.3 Å². The van der Waals surface area contributed by atoms with Crippen molar-refractivity contribution in [1.29, 1.82) is 0 Å². The van der Waals surface area contributed by atoms with E-state index in [2.05, 4.69) is 10.1 Å². The molecule has 0 heterocycles. The Bertz CT molecular complexity index is 660. The maximum Gasteiger partial charge on any atom is 0.309 e. The first-order chi connectivity index (χ1) is 10.7. The van der Waals surface area contributed by atoms with E-state index in [0.717, 1.165) is 11.1 Å². The summed E-state index contributed by atoms with van der Waals surface area (Å²) in [5, 5.41) is 2.76. The molecule has 0 aromatic heterocycles. The number of nitrogens with one attached hydrogen (secondary N) is 1. The molecule has 112 valence electrons. The molecule has 0 atom stereocenters. The van der Waals surface area contributed by atoms with Crippen molar-refractivity contribution in [2.45, 2.75) is 6.42 Å². The van der Waals surface area contributed by atoms with Crippen molar-refractivity contribution in [2.75, 3.05) is 12.4 Å². The lowest BCUT2D eigenvalue weighted by Crippen LogP contribution is -2.08. The third-order valence-corrected chi connectivity index (χ3v) is 3.02. The van der Waals surface area contributed by atoms with Gasteiger partial charge in [0.05, 0.1) is 13.5 Å². The summed E-state index contributed by atoms with van der Waals surface area (Å²) in [6, 6.07) is 16.7. The molecule has 0 bridgehead atoms. The zero-order chi connectivity index (χ0) is 15.8. The lowest BCUT2D eigenvalue weighted by molar-refractivity contribution is -0.139. The molecule has 0 radical (unpaired) electrons. The van der Waals surface area contributed by atoms with Crippen molar-refractivity contribution >= 4 is 23.6 Å². The number of anilines is 1. The third-order valence-electron chi connectivity index (χ3n) is 3.02. The van der Waals surface area contributed by atoms with Gasteiger partial charge in [-0.15, -0.1) is 0 Å². The Labute approximate surface area is 129 Å². The molecule has 2 aromatic rings. The average molecular weight is 295 g/mol. The third kappa shape index (κ3) is 4.90. The zero-order valence-corrected chi connectivity index (χ0v) is 12.3. The van der Waals surface area contributed by atoms with Crippen LogP contribution in [0.3, 0.4) is 0 Å². The summed E-state index contributed by atoms with van der Waals surface area (Å²) in [5.74, 6) is -0.493. The Hall–Kier alpha value is -2.88. The molecule has 0 aliphatic heterocycles. The van der Waals surface area contributed by atoms with Crippen LogP contribution in [0.1, 0.15) is 11.1 Å². The van der Waals surface area contributed by atoms with Crippen LogP contribution in [0.15, 0.2) is 60.7 Å². The largest absolute Gasteiger partial charge is 0.469 e. The highest BCUT2D eigenvalue weighted by atomic mass is 16.5. The molecule has 0 saturated heterocycles. The number of carbonyl (C=O) groups excluding carboxylic acids is 2. The molecule has 0 spiro atoms. The number of benzene rings is 2. The Morgan fingerprint density at radius 2 is 1.73 bits per heavy atom. The van der Waals surface area contributed by atoms with Crippen LogP contribution in [0.25, 0.3) is 6.08 Å². The lowest BCUT2D eigenvalue weighted by atomic mass is 10.1. The second kappa shape index (κ2) is 7.78. The number of hydrogen-bond donors (Lipinski definition) is 1. The maximum absolute atomic E-state index is 11.8. The molecule has 0 saturated carbocycles. The number of esters is 1. The van der Waals surface area contributed by atoms with Crippen LogP contribution in [0.2, 0.25) is 0 Å². The van der Waals surface area contributed by atoms with Crippen LogP contribution in [-0.4, -0.2) is 19.0 Å². The fraction of sp³-hybridized carbons (Fsp3) is 0.111. The van der Waals surface area contributed by atoms with Gasteiger partial charge in [-0.05, 0) is 29.3 Å². The zero-order valence-electron chi connectivity index (χ0n) is 12.3. The number of rotatable bonds is 5. The summed E-state index contributed by atoms with van der Waals surface area (Å²) in [5.41, 5.74) is 2.48. The smallest absolute Gasteiger partial charge is 0.309 e. The molecule has 0 aliphatic carbocycles. The van der Waals surface area contributed by atoms with Crippen LogP contribution < -0.4 is 5.32 Å². The van der Waals surface area contributed by atoms with Crippen LogP contribution in [0.4, 0.5) is 5.69 Å². The summed E-state index contributed by atoms with van der Waals surface area (Å²) < 4.78 is 4.61. The van der Waals surface area contributed by atoms with Gasteiger partial charge in [-0.3, -0.25) is 9.59 Å². The van der Waals surface area contributed by atoms with Crippen molar-refractivity contribution in [3.63, 3.8) is 0 Å². The van der Waals surface area contributed by atoms with Gasteiger partial charge >= 0.3 is 5.97 Å². The predicted octanol–water partition coefficient (Wildman–Crippen LogP) is 3.05. The highest BCUT2D eigenvalue weighted by Gasteiger charge is 2.03. The summed E-state index contributed by atoms with van der Waals surface area (Å²) in [4.78, 5) is 23.0. The van der Waals surface area contributed by atoms with Gasteiger partial charge in [0, 0.05) is 11.8 Å². The van der Waals surface area contributed by atoms with Gasteiger partial charge in [-0.2, -0.15) is 0 Å². The Balaban J connectivity index is 1.91. The van der Waals surface area contributed by atoms with E-state index in [9.17, 15) is 9.59 Å². The van der Waals surface area contributed by atoms with Crippen molar-refractivity contribution in [3.8, 4) is 0 Å². The van der Waals surface area contributed by atoms with E-state index < -0.39 is 0 Å². The molecule has 2 aromatic carbocycles. The van der Waals surface area contributed by atoms with E-state index in [0.29, 0.717) is 5.69 Å². The normalized spacial score (nSPS) is 10.4. The molecule has 1 amide bonds. The lowest BCUT2D eigenvalue weighted by Gasteiger charge is -2.04. The van der Waals surface area contributed by atoms with Gasteiger partial charge < -0.3 is 10.1 Å². The minimum absolute atomic E-state index is 0.204. The molecule has 1 N–H and O–H groups in total. The molecular formula is C18H17NO3. The molecule has 2 rings (SSSR count). The van der Waals surface area contributed by atoms with Gasteiger partial charge in [-0.1, -0.05) is 42.5 Å². The first-order valence-electron chi connectivity index (χ1n) is 6.87. The summed E-state index contributed by atoms with van der Waals surface area (Å²) in [7, 11) is 1.36. The Morgan fingerprint density at radius 3 is 2.36 bits per heavy atom. The van der Waals surface area contributed by atoms with Gasteiger partial charge in [-0.25, -0.2) is 0 Å². The first kappa shape index (κ1) is 15.5. The number of ether oxygens (including phenoxy) is 1. The second-order valence-corrected chi connectivity index (χ2v) is 4.68. The van der Waals surface area contributed by atoms with Gasteiger partial charge in [0.15, 0.2) is 0 Å². The Morgan fingerprint density at radius 1 is 1.05 bits per heavy atom. The monoisotopic (exact) mass is 295 g/mol. The summed E-state index contributed by atoms with van der Waals surface area (Å²) in [6.45, 7) is 0. The van der Waals surface area contributed by atoms with Gasteiger partial charge in [0.25, 0.3) is 0 Å². The molecule has 4 heteroatoms. The highest BCUT2D eigenvalue weighted by molar-refractivity contribution is 6.01. The number of hydrogen-bond acceptors (Lipinski definition) is 3. The molecule has 4 nitrogen and oxygen atoms in total. The van der Waals surface area contributed by atoms with E-state index in [1.165, 1.54) is 13.2 Å². The average Bonchev–Trinajstić information content (AvgIpc) is 2.55. The van der Waals surface area contributed by atoms with E-state index in [4.69, 9.17) is 0 Å². The van der Waals surface area contributed by atoms with E-state index >= 15 is 0 Å². The van der Waals surface area contributed by atoms with Crippen molar-refractivity contribution in [1.82, 2.24) is 0 Å². The van der Waals surface area contributed by atoms with Gasteiger partial charge in [0.1, 0.15) is 0 Å². The summed E-state index contributed by atoms with van der Waals surface area (Å²) >= 11 is 0. The summed E-state index contributed by atoms with van der Waals surface area (Å²) in [6.07, 6.45) is 3.46. The minimum atomic E-state index is -0.289. The van der Waals surface area contributed by atoms with Crippen LogP contribution in [0.5, 0.6) is 0 Å². The Kier molecular flexibility index (Phi) is 5.49. The fourth-order valence-electron chi connectivity index (χ4n) is 1.86. The number of amides is 1. The van der Waals surface area contributed by atoms with E-state index in [1.54, 1.807) is 30.3 Å². The number of methoxy groups -OCH3 is 1. The molecule has 0 unspecified atom stereocenters. The van der Waals surface area contributed by atoms with Crippen molar-refractivity contribution in [3.05, 3.63) is 71.8 Å². The van der Waals surface area contributed by atoms with Crippen LogP contribution >= 0.6 is 0 Å². The van der Waals surface area contributed by atoms with E-state index in [1.807, 2.05) is 30.3 Å². The SMILES string of the molecule is COC(=O)Cc1ccc(NC(=O)C=Cc2ccccc2)cc1. The van der Waals surface area contributed by atoms with Crippen molar-refractivity contribution in [2.24, 2.45) is 0 Å². The fourth-order valence-corrected chi connectivity index (χ4v) is 1.86. The quantitative estimate of drug-likeness (QED) is 0.681. The second-order valence-electron chi connectivity index (χ2n) is 4.68. The number of carbonyl (C=O) groups is 2. The molecule has 22 heavy (non-hydrogen) atoms. The molecule has 0 fully saturated rings. The highest BCUT2D eigenvalue weighted by Crippen LogP contribution is 2.11. The van der Waals surface area contributed by atoms with Crippen LogP contribution in [0, 0.1) is 0 Å². The van der Waals surface area contributed by atoms with Crippen LogP contribution in [-0.2, 0) is 20.7 Å². The molecule has 0 aliphatic rings. The maximum atomic E-state index is 11.8. The minimum Gasteiger partial charge on any atom is -0.469 e. The van der Waals surface area contributed by atoms with E-state index in [-0.39, 0.29) is 18.3 Å².